The zero-order chi connectivity index (χ0) is 16.4. The highest BCUT2D eigenvalue weighted by Crippen LogP contribution is 2.35. The van der Waals surface area contributed by atoms with Gasteiger partial charge in [-0.05, 0) is 48.2 Å². The van der Waals surface area contributed by atoms with Crippen LogP contribution >= 0.6 is 11.8 Å². The minimum Gasteiger partial charge on any atom is -0.379 e. The zero-order valence-electron chi connectivity index (χ0n) is 13.8. The van der Waals surface area contributed by atoms with Crippen molar-refractivity contribution in [2.75, 3.05) is 13.2 Å². The molecule has 0 atom stereocenters. The molecular weight excluding hydrogens is 318 g/mol. The zero-order valence-corrected chi connectivity index (χ0v) is 14.6. The molecule has 1 saturated carbocycles. The van der Waals surface area contributed by atoms with Crippen molar-refractivity contribution < 1.29 is 9.84 Å². The number of aromatic nitrogens is 1. The quantitative estimate of drug-likeness (QED) is 0.895. The number of nitrogens with zero attached hydrogens (tertiary/aromatic N) is 1. The SMILES string of the molecule is OC1(c2cc(-c3ccc(SC4CCCCC4)cc3)ccn2)COC1. The normalized spacial score (nSPS) is 20.5. The monoisotopic (exact) mass is 341 g/mol. The van der Waals surface area contributed by atoms with Gasteiger partial charge in [0.25, 0.3) is 0 Å². The van der Waals surface area contributed by atoms with Crippen molar-refractivity contribution in [3.8, 4) is 11.1 Å². The molecule has 4 heteroatoms. The first kappa shape index (κ1) is 16.1. The molecule has 0 unspecified atom stereocenters. The fraction of sp³-hybridized carbons (Fsp3) is 0.450. The number of rotatable bonds is 4. The van der Waals surface area contributed by atoms with Crippen molar-refractivity contribution in [3.63, 3.8) is 0 Å². The summed E-state index contributed by atoms with van der Waals surface area (Å²) in [7, 11) is 0. The third-order valence-electron chi connectivity index (χ3n) is 4.96. The Hall–Kier alpha value is -1.36. The van der Waals surface area contributed by atoms with Crippen LogP contribution in [0.3, 0.4) is 0 Å². The van der Waals surface area contributed by atoms with E-state index in [4.69, 9.17) is 4.74 Å². The number of pyridine rings is 1. The fourth-order valence-corrected chi connectivity index (χ4v) is 4.66. The van der Waals surface area contributed by atoms with Crippen LogP contribution in [0.25, 0.3) is 11.1 Å². The minimum atomic E-state index is -0.910. The van der Waals surface area contributed by atoms with Gasteiger partial charge in [0, 0.05) is 16.3 Å². The Morgan fingerprint density at radius 3 is 2.42 bits per heavy atom. The summed E-state index contributed by atoms with van der Waals surface area (Å²) in [5.41, 5.74) is 2.05. The van der Waals surface area contributed by atoms with Gasteiger partial charge in [-0.25, -0.2) is 0 Å². The van der Waals surface area contributed by atoms with Crippen molar-refractivity contribution in [3.05, 3.63) is 48.3 Å². The van der Waals surface area contributed by atoms with E-state index in [0.29, 0.717) is 18.9 Å². The van der Waals surface area contributed by atoms with E-state index in [9.17, 15) is 5.11 Å². The number of thioether (sulfide) groups is 1. The number of hydrogen-bond acceptors (Lipinski definition) is 4. The highest BCUT2D eigenvalue weighted by Gasteiger charge is 2.39. The van der Waals surface area contributed by atoms with Gasteiger partial charge in [0.05, 0.1) is 18.9 Å². The van der Waals surface area contributed by atoms with Gasteiger partial charge in [-0.15, -0.1) is 11.8 Å². The largest absolute Gasteiger partial charge is 0.379 e. The Morgan fingerprint density at radius 1 is 1.00 bits per heavy atom. The second-order valence-electron chi connectivity index (χ2n) is 6.86. The summed E-state index contributed by atoms with van der Waals surface area (Å²) in [4.78, 5) is 5.67. The predicted molar refractivity (Wildman–Crippen MR) is 97.1 cm³/mol. The first-order valence-electron chi connectivity index (χ1n) is 8.77. The Kier molecular flexibility index (Phi) is 4.61. The van der Waals surface area contributed by atoms with Crippen LogP contribution in [0, 0.1) is 0 Å². The number of aliphatic hydroxyl groups is 1. The van der Waals surface area contributed by atoms with E-state index in [1.165, 1.54) is 37.0 Å². The predicted octanol–water partition coefficient (Wildman–Crippen LogP) is 4.39. The number of hydrogen-bond donors (Lipinski definition) is 1. The summed E-state index contributed by atoms with van der Waals surface area (Å²) >= 11 is 2.02. The third kappa shape index (κ3) is 3.37. The Morgan fingerprint density at radius 2 is 1.75 bits per heavy atom. The molecular formula is C20H23NO2S. The molecule has 0 bridgehead atoms. The molecule has 1 aromatic heterocycles. The first-order valence-corrected chi connectivity index (χ1v) is 9.65. The average Bonchev–Trinajstić information content (AvgIpc) is 2.61. The minimum absolute atomic E-state index is 0.334. The van der Waals surface area contributed by atoms with Gasteiger partial charge in [-0.1, -0.05) is 31.4 Å². The van der Waals surface area contributed by atoms with Crippen molar-refractivity contribution in [1.29, 1.82) is 0 Å². The molecule has 2 aliphatic rings. The van der Waals surface area contributed by atoms with Crippen molar-refractivity contribution in [2.45, 2.75) is 47.9 Å². The maximum Gasteiger partial charge on any atom is 0.153 e. The summed E-state index contributed by atoms with van der Waals surface area (Å²) < 4.78 is 5.13. The van der Waals surface area contributed by atoms with E-state index in [0.717, 1.165) is 16.4 Å². The van der Waals surface area contributed by atoms with Crippen LogP contribution in [0.15, 0.2) is 47.5 Å². The van der Waals surface area contributed by atoms with Crippen LogP contribution in [0.5, 0.6) is 0 Å². The molecule has 0 radical (unpaired) electrons. The highest BCUT2D eigenvalue weighted by molar-refractivity contribution is 8.00. The van der Waals surface area contributed by atoms with Gasteiger partial charge >= 0.3 is 0 Å². The van der Waals surface area contributed by atoms with E-state index >= 15 is 0 Å². The molecule has 2 fully saturated rings. The maximum atomic E-state index is 10.4. The van der Waals surface area contributed by atoms with Gasteiger partial charge in [-0.2, -0.15) is 0 Å². The summed E-state index contributed by atoms with van der Waals surface area (Å²) in [6.07, 6.45) is 8.62. The van der Waals surface area contributed by atoms with E-state index in [2.05, 4.69) is 29.2 Å². The lowest BCUT2D eigenvalue weighted by Gasteiger charge is -2.35. The second-order valence-corrected chi connectivity index (χ2v) is 8.23. The Balaban J connectivity index is 1.49. The van der Waals surface area contributed by atoms with Crippen LogP contribution < -0.4 is 0 Å². The second kappa shape index (κ2) is 6.87. The molecule has 2 aromatic rings. The lowest BCUT2D eigenvalue weighted by Crippen LogP contribution is -2.47. The van der Waals surface area contributed by atoms with E-state index in [-0.39, 0.29) is 0 Å². The average molecular weight is 341 g/mol. The lowest BCUT2D eigenvalue weighted by atomic mass is 9.94. The molecule has 1 aliphatic carbocycles. The molecule has 1 aliphatic heterocycles. The van der Waals surface area contributed by atoms with Gasteiger partial charge < -0.3 is 9.84 Å². The van der Waals surface area contributed by atoms with Gasteiger partial charge in [0.2, 0.25) is 0 Å². The molecule has 1 aromatic carbocycles. The summed E-state index contributed by atoms with van der Waals surface area (Å²) in [5, 5.41) is 11.2. The molecule has 3 nitrogen and oxygen atoms in total. The summed E-state index contributed by atoms with van der Waals surface area (Å²) in [6.45, 7) is 0.667. The van der Waals surface area contributed by atoms with Crippen molar-refractivity contribution in [2.24, 2.45) is 0 Å². The van der Waals surface area contributed by atoms with E-state index in [1.807, 2.05) is 23.9 Å². The van der Waals surface area contributed by atoms with Crippen LogP contribution in [0.1, 0.15) is 37.8 Å². The third-order valence-corrected chi connectivity index (χ3v) is 6.31. The fourth-order valence-electron chi connectivity index (χ4n) is 3.41. The van der Waals surface area contributed by atoms with Gasteiger partial charge in [0.15, 0.2) is 5.60 Å². The van der Waals surface area contributed by atoms with E-state index < -0.39 is 5.60 Å². The number of ether oxygens (including phenoxy) is 1. The maximum absolute atomic E-state index is 10.4. The molecule has 0 spiro atoms. The molecule has 2 heterocycles. The number of benzene rings is 1. The van der Waals surface area contributed by atoms with Crippen LogP contribution in [0.4, 0.5) is 0 Å². The molecule has 1 saturated heterocycles. The summed E-state index contributed by atoms with van der Waals surface area (Å²) in [6, 6.07) is 12.8. The molecule has 1 N–H and O–H groups in total. The highest BCUT2D eigenvalue weighted by atomic mass is 32.2. The van der Waals surface area contributed by atoms with E-state index in [1.54, 1.807) is 6.20 Å². The van der Waals surface area contributed by atoms with Crippen LogP contribution in [-0.4, -0.2) is 28.6 Å². The Labute approximate surface area is 147 Å². The standard InChI is InChI=1S/C20H23NO2S/c22-20(13-23-14-20)19-12-16(10-11-21-19)15-6-8-18(9-7-15)24-17-4-2-1-3-5-17/h6-12,17,22H,1-5,13-14H2. The van der Waals surface area contributed by atoms with Crippen molar-refractivity contribution in [1.82, 2.24) is 4.98 Å². The molecule has 0 amide bonds. The Bertz CT molecular complexity index is 691. The summed E-state index contributed by atoms with van der Waals surface area (Å²) in [5.74, 6) is 0. The topological polar surface area (TPSA) is 42.4 Å². The molecule has 24 heavy (non-hydrogen) atoms. The lowest BCUT2D eigenvalue weighted by molar-refractivity contribution is -0.186. The van der Waals surface area contributed by atoms with Gasteiger partial charge in [0.1, 0.15) is 0 Å². The first-order chi connectivity index (χ1) is 11.7. The van der Waals surface area contributed by atoms with Crippen LogP contribution in [-0.2, 0) is 10.3 Å². The molecule has 126 valence electrons. The molecule has 4 rings (SSSR count). The van der Waals surface area contributed by atoms with Crippen LogP contribution in [0.2, 0.25) is 0 Å². The smallest absolute Gasteiger partial charge is 0.153 e. The van der Waals surface area contributed by atoms with Crippen molar-refractivity contribution >= 4 is 11.8 Å². The van der Waals surface area contributed by atoms with Gasteiger partial charge in [-0.3, -0.25) is 4.98 Å².